The maximum absolute atomic E-state index is 12.1. The first-order valence-corrected chi connectivity index (χ1v) is 7.76. The number of hydrogen-bond donors (Lipinski definition) is 0. The Bertz CT molecular complexity index is 547. The smallest absolute Gasteiger partial charge is 0.410 e. The van der Waals surface area contributed by atoms with Crippen LogP contribution in [-0.4, -0.2) is 37.2 Å². The first-order chi connectivity index (χ1) is 11.1. The van der Waals surface area contributed by atoms with Gasteiger partial charge < -0.3 is 14.4 Å². The van der Waals surface area contributed by atoms with Crippen molar-refractivity contribution in [3.8, 4) is 0 Å². The number of hydrogen-bond acceptors (Lipinski definition) is 4. The molecule has 0 atom stereocenters. The third kappa shape index (κ3) is 4.12. The molecule has 0 bridgehead atoms. The first kappa shape index (κ1) is 17.1. The number of carbonyl (C=O) groups excluding carboxylic acids is 2. The van der Waals surface area contributed by atoms with Crippen molar-refractivity contribution in [2.45, 2.75) is 25.9 Å². The van der Waals surface area contributed by atoms with Gasteiger partial charge in [0.1, 0.15) is 6.61 Å². The Balaban J connectivity index is 1.88. The third-order valence-electron chi connectivity index (χ3n) is 4.34. The summed E-state index contributed by atoms with van der Waals surface area (Å²) in [6.07, 6.45) is 3.08. The van der Waals surface area contributed by atoms with Gasteiger partial charge in [-0.25, -0.2) is 4.79 Å². The third-order valence-corrected chi connectivity index (χ3v) is 4.34. The average molecular weight is 317 g/mol. The van der Waals surface area contributed by atoms with Gasteiger partial charge in [0.2, 0.25) is 0 Å². The van der Waals surface area contributed by atoms with Crippen molar-refractivity contribution < 1.29 is 19.1 Å². The Morgan fingerprint density at radius 1 is 1.26 bits per heavy atom. The lowest BCUT2D eigenvalue weighted by Gasteiger charge is -2.38. The van der Waals surface area contributed by atoms with E-state index in [1.807, 2.05) is 30.3 Å². The number of ether oxygens (including phenoxy) is 2. The van der Waals surface area contributed by atoms with Crippen LogP contribution in [0.4, 0.5) is 4.79 Å². The second kappa shape index (κ2) is 7.81. The Labute approximate surface area is 136 Å². The van der Waals surface area contributed by atoms with Crippen molar-refractivity contribution in [3.63, 3.8) is 0 Å². The van der Waals surface area contributed by atoms with E-state index >= 15 is 0 Å². The number of nitrogens with zero attached hydrogens (tertiary/aromatic N) is 1. The number of carbonyl (C=O) groups is 2. The van der Waals surface area contributed by atoms with E-state index in [0.717, 1.165) is 5.56 Å². The number of methoxy groups -OCH3 is 1. The van der Waals surface area contributed by atoms with Crippen LogP contribution in [0.25, 0.3) is 0 Å². The average Bonchev–Trinajstić information content (AvgIpc) is 2.60. The molecule has 0 N–H and O–H groups in total. The second-order valence-electron chi connectivity index (χ2n) is 5.79. The van der Waals surface area contributed by atoms with Gasteiger partial charge in [-0.2, -0.15) is 0 Å². The van der Waals surface area contributed by atoms with Crippen LogP contribution in [0.15, 0.2) is 43.0 Å². The fourth-order valence-electron chi connectivity index (χ4n) is 2.91. The van der Waals surface area contributed by atoms with Crippen LogP contribution in [0, 0.1) is 5.41 Å². The topological polar surface area (TPSA) is 55.8 Å². The van der Waals surface area contributed by atoms with Gasteiger partial charge in [0, 0.05) is 13.1 Å². The Kier molecular flexibility index (Phi) is 5.79. The molecule has 1 heterocycles. The molecule has 1 aliphatic heterocycles. The van der Waals surface area contributed by atoms with Crippen LogP contribution in [-0.2, 0) is 20.9 Å². The predicted molar refractivity (Wildman–Crippen MR) is 86.7 cm³/mol. The van der Waals surface area contributed by atoms with Crippen LogP contribution in [0.5, 0.6) is 0 Å². The molecule has 5 nitrogen and oxygen atoms in total. The molecule has 124 valence electrons. The highest BCUT2D eigenvalue weighted by atomic mass is 16.6. The fourth-order valence-corrected chi connectivity index (χ4v) is 2.91. The van der Waals surface area contributed by atoms with Crippen molar-refractivity contribution in [3.05, 3.63) is 48.6 Å². The van der Waals surface area contributed by atoms with Gasteiger partial charge in [-0.1, -0.05) is 36.4 Å². The fraction of sp³-hybridized carbons (Fsp3) is 0.444. The van der Waals surface area contributed by atoms with E-state index in [2.05, 4.69) is 6.58 Å². The van der Waals surface area contributed by atoms with E-state index in [9.17, 15) is 9.59 Å². The number of rotatable bonds is 5. The minimum absolute atomic E-state index is 0.227. The minimum atomic E-state index is -0.563. The zero-order chi connectivity index (χ0) is 16.7. The van der Waals surface area contributed by atoms with Gasteiger partial charge in [-0.3, -0.25) is 4.79 Å². The summed E-state index contributed by atoms with van der Waals surface area (Å²) < 4.78 is 10.3. The SMILES string of the molecule is C=CCC1(C(=O)OC)CCN(C(=O)OCc2ccccc2)CC1. The Morgan fingerprint density at radius 2 is 1.91 bits per heavy atom. The van der Waals surface area contributed by atoms with Gasteiger partial charge in [0.15, 0.2) is 0 Å². The zero-order valence-corrected chi connectivity index (χ0v) is 13.5. The molecule has 1 aliphatic rings. The van der Waals surface area contributed by atoms with E-state index in [1.165, 1.54) is 7.11 Å². The number of piperidine rings is 1. The zero-order valence-electron chi connectivity index (χ0n) is 13.5. The maximum atomic E-state index is 12.1. The number of likely N-dealkylation sites (tertiary alicyclic amines) is 1. The van der Waals surface area contributed by atoms with E-state index in [4.69, 9.17) is 9.47 Å². The summed E-state index contributed by atoms with van der Waals surface area (Å²) in [4.78, 5) is 25.9. The predicted octanol–water partition coefficient (Wildman–Crippen LogP) is 3.15. The lowest BCUT2D eigenvalue weighted by atomic mass is 9.76. The highest BCUT2D eigenvalue weighted by Crippen LogP contribution is 2.36. The van der Waals surface area contributed by atoms with Gasteiger partial charge in [-0.15, -0.1) is 6.58 Å². The molecule has 1 saturated heterocycles. The molecule has 1 aromatic rings. The highest BCUT2D eigenvalue weighted by molar-refractivity contribution is 5.77. The number of allylic oxidation sites excluding steroid dienone is 1. The molecule has 2 rings (SSSR count). The molecule has 1 aromatic carbocycles. The molecule has 5 heteroatoms. The quantitative estimate of drug-likeness (QED) is 0.618. The number of amides is 1. The van der Waals surface area contributed by atoms with Crippen LogP contribution in [0.2, 0.25) is 0 Å². The first-order valence-electron chi connectivity index (χ1n) is 7.76. The Morgan fingerprint density at radius 3 is 2.48 bits per heavy atom. The molecule has 23 heavy (non-hydrogen) atoms. The summed E-state index contributed by atoms with van der Waals surface area (Å²) in [5.74, 6) is -0.227. The Hall–Kier alpha value is -2.30. The molecule has 0 aliphatic carbocycles. The van der Waals surface area contributed by atoms with Crippen LogP contribution >= 0.6 is 0 Å². The minimum Gasteiger partial charge on any atom is -0.469 e. The monoisotopic (exact) mass is 317 g/mol. The van der Waals surface area contributed by atoms with E-state index in [-0.39, 0.29) is 18.7 Å². The van der Waals surface area contributed by atoms with E-state index < -0.39 is 5.41 Å². The summed E-state index contributed by atoms with van der Waals surface area (Å²) in [7, 11) is 1.40. The molecule has 0 saturated carbocycles. The summed E-state index contributed by atoms with van der Waals surface area (Å²) in [5, 5.41) is 0. The van der Waals surface area contributed by atoms with Crippen LogP contribution in [0.3, 0.4) is 0 Å². The van der Waals surface area contributed by atoms with Gasteiger partial charge >= 0.3 is 12.1 Å². The molecular weight excluding hydrogens is 294 g/mol. The number of esters is 1. The standard InChI is InChI=1S/C18H23NO4/c1-3-9-18(16(20)22-2)10-12-19(13-11-18)17(21)23-14-15-7-5-4-6-8-15/h3-8H,1,9-14H2,2H3. The van der Waals surface area contributed by atoms with Crippen molar-refractivity contribution in [2.24, 2.45) is 5.41 Å². The van der Waals surface area contributed by atoms with Crippen molar-refractivity contribution in [1.29, 1.82) is 0 Å². The second-order valence-corrected chi connectivity index (χ2v) is 5.79. The summed E-state index contributed by atoms with van der Waals surface area (Å²) in [6, 6.07) is 9.56. The summed E-state index contributed by atoms with van der Waals surface area (Å²) >= 11 is 0. The summed E-state index contributed by atoms with van der Waals surface area (Å²) in [5.41, 5.74) is 0.389. The van der Waals surface area contributed by atoms with Crippen LogP contribution in [0.1, 0.15) is 24.8 Å². The molecule has 0 spiro atoms. The molecular formula is C18H23NO4. The lowest BCUT2D eigenvalue weighted by Crippen LogP contribution is -2.46. The maximum Gasteiger partial charge on any atom is 0.410 e. The van der Waals surface area contributed by atoms with Gasteiger partial charge in [0.05, 0.1) is 12.5 Å². The molecule has 0 unspecified atom stereocenters. The van der Waals surface area contributed by atoms with Crippen LogP contribution < -0.4 is 0 Å². The highest BCUT2D eigenvalue weighted by Gasteiger charge is 2.42. The molecule has 0 aromatic heterocycles. The summed E-state index contributed by atoms with van der Waals surface area (Å²) in [6.45, 7) is 4.94. The van der Waals surface area contributed by atoms with Gasteiger partial charge in [-0.05, 0) is 24.8 Å². The molecule has 1 amide bonds. The number of benzene rings is 1. The van der Waals surface area contributed by atoms with Crippen molar-refractivity contribution >= 4 is 12.1 Å². The van der Waals surface area contributed by atoms with E-state index in [1.54, 1.807) is 11.0 Å². The van der Waals surface area contributed by atoms with E-state index in [0.29, 0.717) is 32.4 Å². The molecule has 1 fully saturated rings. The molecule has 0 radical (unpaired) electrons. The largest absolute Gasteiger partial charge is 0.469 e. The lowest BCUT2D eigenvalue weighted by molar-refractivity contribution is -0.155. The normalized spacial score (nSPS) is 16.5. The van der Waals surface area contributed by atoms with Gasteiger partial charge in [0.25, 0.3) is 0 Å². The van der Waals surface area contributed by atoms with Crippen molar-refractivity contribution in [2.75, 3.05) is 20.2 Å². The van der Waals surface area contributed by atoms with Crippen molar-refractivity contribution in [1.82, 2.24) is 4.90 Å².